The van der Waals surface area contributed by atoms with Gasteiger partial charge in [0.05, 0.1) is 11.8 Å². The van der Waals surface area contributed by atoms with Gasteiger partial charge < -0.3 is 14.9 Å². The molecule has 0 amide bonds. The molecule has 4 heteroatoms. The minimum Gasteiger partial charge on any atom is -0.488 e. The number of anilines is 1. The van der Waals surface area contributed by atoms with Gasteiger partial charge in [0.2, 0.25) is 0 Å². The second-order valence-electron chi connectivity index (χ2n) is 9.13. The van der Waals surface area contributed by atoms with Gasteiger partial charge in [-0.25, -0.2) is 0 Å². The van der Waals surface area contributed by atoms with E-state index < -0.39 is 8.32 Å². The first kappa shape index (κ1) is 19.2. The summed E-state index contributed by atoms with van der Waals surface area (Å²) in [6.45, 7) is 11.6. The van der Waals surface area contributed by atoms with Gasteiger partial charge in [0.25, 0.3) is 0 Å². The fourth-order valence-corrected chi connectivity index (χ4v) is 4.80. The Labute approximate surface area is 159 Å². The number of ether oxygens (including phenoxy) is 1. The van der Waals surface area contributed by atoms with Gasteiger partial charge in [0.15, 0.2) is 8.32 Å². The molecule has 0 aromatic heterocycles. The van der Waals surface area contributed by atoms with E-state index in [2.05, 4.69) is 52.1 Å². The Kier molecular flexibility index (Phi) is 5.36. The summed E-state index contributed by atoms with van der Waals surface area (Å²) in [4.78, 5) is 0. The van der Waals surface area contributed by atoms with Crippen molar-refractivity contribution in [3.63, 3.8) is 0 Å². The molecule has 0 aliphatic heterocycles. The van der Waals surface area contributed by atoms with E-state index in [9.17, 15) is 0 Å². The Morgan fingerprint density at radius 1 is 0.923 bits per heavy atom. The van der Waals surface area contributed by atoms with Crippen molar-refractivity contribution >= 4 is 24.8 Å². The van der Waals surface area contributed by atoms with Crippen LogP contribution in [0.2, 0.25) is 18.1 Å². The molecule has 2 N–H and O–H groups in total. The summed E-state index contributed by atoms with van der Waals surface area (Å²) in [5, 5.41) is 2.59. The molecule has 142 valence electrons. The van der Waals surface area contributed by atoms with Crippen molar-refractivity contribution in [1.29, 1.82) is 0 Å². The topological polar surface area (TPSA) is 44.5 Å². The van der Waals surface area contributed by atoms with Gasteiger partial charge >= 0.3 is 0 Å². The number of nitrogens with two attached hydrogens (primary N) is 1. The second-order valence-corrected chi connectivity index (χ2v) is 13.9. The largest absolute Gasteiger partial charge is 0.488 e. The molecule has 0 bridgehead atoms. The second kappa shape index (κ2) is 7.24. The molecule has 3 rings (SSSR count). The van der Waals surface area contributed by atoms with Crippen molar-refractivity contribution in [3.8, 4) is 5.75 Å². The lowest BCUT2D eigenvalue weighted by atomic mass is 9.95. The van der Waals surface area contributed by atoms with Gasteiger partial charge in [-0.3, -0.25) is 0 Å². The lowest BCUT2D eigenvalue weighted by Crippen LogP contribution is -2.45. The van der Waals surface area contributed by atoms with Crippen LogP contribution >= 0.6 is 0 Å². The molecule has 0 radical (unpaired) electrons. The number of rotatable bonds is 4. The quantitative estimate of drug-likeness (QED) is 0.519. The van der Waals surface area contributed by atoms with E-state index in [0.717, 1.165) is 42.5 Å². The van der Waals surface area contributed by atoms with Gasteiger partial charge in [-0.15, -0.1) is 0 Å². The van der Waals surface area contributed by atoms with E-state index in [1.165, 1.54) is 5.39 Å². The summed E-state index contributed by atoms with van der Waals surface area (Å²) in [6, 6.07) is 12.3. The zero-order valence-corrected chi connectivity index (χ0v) is 17.8. The molecule has 1 fully saturated rings. The van der Waals surface area contributed by atoms with Crippen molar-refractivity contribution < 1.29 is 9.16 Å². The van der Waals surface area contributed by atoms with Gasteiger partial charge in [0, 0.05) is 6.10 Å². The van der Waals surface area contributed by atoms with Crippen LogP contribution < -0.4 is 10.5 Å². The van der Waals surface area contributed by atoms with Gasteiger partial charge in [-0.2, -0.15) is 0 Å². The maximum atomic E-state index is 6.58. The summed E-state index contributed by atoms with van der Waals surface area (Å²) >= 11 is 0. The highest BCUT2D eigenvalue weighted by molar-refractivity contribution is 6.74. The fraction of sp³-hybridized carbons (Fsp3) is 0.545. The summed E-state index contributed by atoms with van der Waals surface area (Å²) in [5.41, 5.74) is 6.94. The van der Waals surface area contributed by atoms with Crippen LogP contribution in [0.4, 0.5) is 5.69 Å². The van der Waals surface area contributed by atoms with Crippen molar-refractivity contribution in [2.24, 2.45) is 0 Å². The molecule has 0 unspecified atom stereocenters. The minimum absolute atomic E-state index is 0.234. The lowest BCUT2D eigenvalue weighted by molar-refractivity contribution is 0.0730. The van der Waals surface area contributed by atoms with Crippen LogP contribution in [-0.4, -0.2) is 20.5 Å². The highest BCUT2D eigenvalue weighted by Crippen LogP contribution is 2.39. The summed E-state index contributed by atoms with van der Waals surface area (Å²) in [5.74, 6) is 0.817. The maximum Gasteiger partial charge on any atom is 0.192 e. The van der Waals surface area contributed by atoms with Crippen molar-refractivity contribution in [2.75, 3.05) is 5.73 Å². The zero-order valence-electron chi connectivity index (χ0n) is 16.8. The third-order valence-corrected chi connectivity index (χ3v) is 10.6. The molecule has 1 aliphatic carbocycles. The Bertz CT molecular complexity index is 758. The average Bonchev–Trinajstić information content (AvgIpc) is 2.56. The monoisotopic (exact) mass is 371 g/mol. The van der Waals surface area contributed by atoms with Crippen LogP contribution in [0.15, 0.2) is 36.4 Å². The third kappa shape index (κ3) is 4.24. The van der Waals surface area contributed by atoms with Crippen molar-refractivity contribution in [3.05, 3.63) is 36.4 Å². The lowest BCUT2D eigenvalue weighted by Gasteiger charge is -2.41. The molecule has 2 aromatic carbocycles. The van der Waals surface area contributed by atoms with E-state index in [-0.39, 0.29) is 11.1 Å². The molecule has 3 nitrogen and oxygen atoms in total. The maximum absolute atomic E-state index is 6.58. The van der Waals surface area contributed by atoms with E-state index >= 15 is 0 Å². The Morgan fingerprint density at radius 2 is 1.46 bits per heavy atom. The Morgan fingerprint density at radius 3 is 2.04 bits per heavy atom. The third-order valence-electron chi connectivity index (χ3n) is 6.06. The smallest absolute Gasteiger partial charge is 0.192 e. The van der Waals surface area contributed by atoms with E-state index in [1.54, 1.807) is 0 Å². The van der Waals surface area contributed by atoms with Gasteiger partial charge in [-0.1, -0.05) is 45.0 Å². The summed E-state index contributed by atoms with van der Waals surface area (Å²) < 4.78 is 12.9. The Hall–Kier alpha value is -1.52. The van der Waals surface area contributed by atoms with Crippen LogP contribution in [-0.2, 0) is 4.43 Å². The first-order valence-electron chi connectivity index (χ1n) is 9.78. The van der Waals surface area contributed by atoms with Crippen LogP contribution in [0.25, 0.3) is 10.8 Å². The van der Waals surface area contributed by atoms with Crippen molar-refractivity contribution in [1.82, 2.24) is 0 Å². The predicted molar refractivity (Wildman–Crippen MR) is 113 cm³/mol. The number of fused-ring (bicyclic) bond motifs is 1. The van der Waals surface area contributed by atoms with Crippen molar-refractivity contribution in [2.45, 2.75) is 76.8 Å². The zero-order chi connectivity index (χ0) is 18.9. The molecule has 26 heavy (non-hydrogen) atoms. The fourth-order valence-electron chi connectivity index (χ4n) is 3.38. The van der Waals surface area contributed by atoms with E-state index in [1.807, 2.05) is 18.2 Å². The van der Waals surface area contributed by atoms with Crippen LogP contribution in [0.5, 0.6) is 5.75 Å². The number of nitrogen functional groups attached to an aromatic ring is 1. The molecule has 1 saturated carbocycles. The first-order chi connectivity index (χ1) is 12.2. The number of benzene rings is 2. The first-order valence-corrected chi connectivity index (χ1v) is 12.7. The highest BCUT2D eigenvalue weighted by Gasteiger charge is 2.40. The summed E-state index contributed by atoms with van der Waals surface area (Å²) in [6.07, 6.45) is 4.83. The number of hydrogen-bond donors (Lipinski definition) is 1. The van der Waals surface area contributed by atoms with Crippen LogP contribution in [0.1, 0.15) is 46.5 Å². The molecule has 1 aliphatic rings. The summed E-state index contributed by atoms with van der Waals surface area (Å²) in [7, 11) is -1.69. The van der Waals surface area contributed by atoms with Crippen LogP contribution in [0, 0.1) is 0 Å². The number of hydrogen-bond acceptors (Lipinski definition) is 3. The molecular formula is C22H33NO2Si. The SMILES string of the molecule is CC(C)(C)[Si](C)(C)OC1CCC(Oc2cc3ccccc3cc2N)CC1. The highest BCUT2D eigenvalue weighted by atomic mass is 28.4. The average molecular weight is 372 g/mol. The molecule has 2 aromatic rings. The molecular weight excluding hydrogens is 338 g/mol. The molecule has 0 atom stereocenters. The predicted octanol–water partition coefficient (Wildman–Crippen LogP) is 6.13. The molecule has 0 heterocycles. The molecule has 0 spiro atoms. The normalized spacial score (nSPS) is 21.7. The standard InChI is InChI=1S/C22H33NO2Si/c1-22(2,3)26(4,5)25-19-12-10-18(11-13-19)24-21-15-17-9-7-6-8-16(17)14-20(21)23/h6-9,14-15,18-19H,10-13,23H2,1-5H3. The van der Waals surface area contributed by atoms with E-state index in [0.29, 0.717) is 6.10 Å². The molecule has 0 saturated heterocycles. The van der Waals surface area contributed by atoms with Gasteiger partial charge in [0.1, 0.15) is 5.75 Å². The van der Waals surface area contributed by atoms with Gasteiger partial charge in [-0.05, 0) is 66.7 Å². The van der Waals surface area contributed by atoms with E-state index in [4.69, 9.17) is 14.9 Å². The minimum atomic E-state index is -1.69. The van der Waals surface area contributed by atoms with Crippen LogP contribution in [0.3, 0.4) is 0 Å². The Balaban J connectivity index is 1.60.